The lowest BCUT2D eigenvalue weighted by molar-refractivity contribution is -0.341. The summed E-state index contributed by atoms with van der Waals surface area (Å²) in [6.07, 6.45) is -11.5. The maximum atomic E-state index is 12.2. The lowest BCUT2D eigenvalue weighted by Crippen LogP contribution is -2.60. The SMILES string of the molecule is CC1C(O)OC(C(=O)O)C(OC2OC(C(=O)O)C(OC3OC(C(=O)O)C(O)C(C)C3C)C(C)C2C)C1C. The number of carbonyl (C=O) groups is 3. The number of aliphatic hydroxyl groups excluding tert-OH is 2. The molecule has 3 aliphatic heterocycles. The smallest absolute Gasteiger partial charge is 0.335 e. The number of hydrogen-bond donors (Lipinski definition) is 5. The quantitative estimate of drug-likeness (QED) is 0.300. The van der Waals surface area contributed by atoms with Gasteiger partial charge >= 0.3 is 17.9 Å². The minimum atomic E-state index is -1.54. The molecule has 0 spiro atoms. The van der Waals surface area contributed by atoms with Crippen molar-refractivity contribution in [1.82, 2.24) is 0 Å². The van der Waals surface area contributed by atoms with Crippen LogP contribution in [-0.2, 0) is 38.1 Å². The molecule has 15 unspecified atom stereocenters. The summed E-state index contributed by atoms with van der Waals surface area (Å²) in [6.45, 7) is 10.2. The van der Waals surface area contributed by atoms with Gasteiger partial charge in [-0.25, -0.2) is 14.4 Å². The van der Waals surface area contributed by atoms with E-state index >= 15 is 0 Å². The van der Waals surface area contributed by atoms with Crippen molar-refractivity contribution < 1.29 is 63.6 Å². The van der Waals surface area contributed by atoms with Gasteiger partial charge in [-0.1, -0.05) is 41.5 Å². The van der Waals surface area contributed by atoms with Crippen LogP contribution in [0.3, 0.4) is 0 Å². The van der Waals surface area contributed by atoms with E-state index < -0.39 is 109 Å². The second-order valence-electron chi connectivity index (χ2n) is 10.7. The second-order valence-corrected chi connectivity index (χ2v) is 10.7. The first-order chi connectivity index (χ1) is 17.2. The monoisotopic (exact) mass is 534 g/mol. The molecule has 0 aliphatic carbocycles. The Labute approximate surface area is 214 Å². The Morgan fingerprint density at radius 3 is 1.38 bits per heavy atom. The average molecular weight is 535 g/mol. The van der Waals surface area contributed by atoms with Crippen LogP contribution in [0, 0.1) is 35.5 Å². The third-order valence-corrected chi connectivity index (χ3v) is 8.44. The number of hydrogen-bond acceptors (Lipinski definition) is 10. The molecule has 3 fully saturated rings. The van der Waals surface area contributed by atoms with E-state index in [1.807, 2.05) is 0 Å². The third-order valence-electron chi connectivity index (χ3n) is 8.44. The molecule has 0 amide bonds. The number of carboxylic acids is 3. The van der Waals surface area contributed by atoms with Crippen LogP contribution in [0.1, 0.15) is 41.5 Å². The molecule has 0 bridgehead atoms. The highest BCUT2D eigenvalue weighted by atomic mass is 16.7. The van der Waals surface area contributed by atoms with Crippen molar-refractivity contribution in [3.05, 3.63) is 0 Å². The molecule has 0 aromatic carbocycles. The topological polar surface area (TPSA) is 199 Å². The Balaban J connectivity index is 1.81. The molecule has 3 aliphatic rings. The molecule has 0 aromatic heterocycles. The molecule has 5 N–H and O–H groups in total. The summed E-state index contributed by atoms with van der Waals surface area (Å²) in [7, 11) is 0. The normalized spacial score (nSPS) is 48.8. The van der Waals surface area contributed by atoms with Gasteiger partial charge in [0.15, 0.2) is 37.2 Å². The van der Waals surface area contributed by atoms with E-state index in [4.69, 9.17) is 23.7 Å². The molecule has 0 radical (unpaired) electrons. The van der Waals surface area contributed by atoms with Gasteiger partial charge < -0.3 is 49.2 Å². The van der Waals surface area contributed by atoms with Crippen molar-refractivity contribution in [2.75, 3.05) is 0 Å². The van der Waals surface area contributed by atoms with Gasteiger partial charge in [0.05, 0.1) is 6.10 Å². The lowest BCUT2D eigenvalue weighted by atomic mass is 9.82. The van der Waals surface area contributed by atoms with Crippen LogP contribution in [0.2, 0.25) is 0 Å². The van der Waals surface area contributed by atoms with Crippen LogP contribution < -0.4 is 0 Å². The van der Waals surface area contributed by atoms with E-state index in [-0.39, 0.29) is 0 Å². The van der Waals surface area contributed by atoms with Gasteiger partial charge in [-0.3, -0.25) is 0 Å². The summed E-state index contributed by atoms with van der Waals surface area (Å²) in [6, 6.07) is 0. The molecule has 0 saturated carbocycles. The van der Waals surface area contributed by atoms with Crippen molar-refractivity contribution >= 4 is 17.9 Å². The van der Waals surface area contributed by atoms with Crippen molar-refractivity contribution in [3.8, 4) is 0 Å². The van der Waals surface area contributed by atoms with Crippen molar-refractivity contribution in [3.63, 3.8) is 0 Å². The van der Waals surface area contributed by atoms with E-state index in [0.29, 0.717) is 0 Å². The summed E-state index contributed by atoms with van der Waals surface area (Å²) < 4.78 is 28.7. The van der Waals surface area contributed by atoms with Gasteiger partial charge in [0, 0.05) is 17.8 Å². The summed E-state index contributed by atoms with van der Waals surface area (Å²) in [5.74, 6) is -6.90. The number of ether oxygens (including phenoxy) is 5. The van der Waals surface area contributed by atoms with Crippen LogP contribution in [0.25, 0.3) is 0 Å². The van der Waals surface area contributed by atoms with Gasteiger partial charge in [0.1, 0.15) is 12.2 Å². The van der Waals surface area contributed by atoms with E-state index in [1.165, 1.54) is 0 Å². The Morgan fingerprint density at radius 2 is 0.919 bits per heavy atom. The van der Waals surface area contributed by atoms with Crippen molar-refractivity contribution in [2.24, 2.45) is 35.5 Å². The first-order valence-corrected chi connectivity index (χ1v) is 12.5. The predicted molar refractivity (Wildman–Crippen MR) is 122 cm³/mol. The maximum absolute atomic E-state index is 12.2. The number of aliphatic hydroxyl groups is 2. The number of rotatable bonds is 7. The molecule has 3 saturated heterocycles. The van der Waals surface area contributed by atoms with Crippen LogP contribution in [0.15, 0.2) is 0 Å². The predicted octanol–water partition coefficient (Wildman–Crippen LogP) is 0.355. The largest absolute Gasteiger partial charge is 0.479 e. The first-order valence-electron chi connectivity index (χ1n) is 12.5. The standard InChI is InChI=1S/C24H38O13/c1-7-11(5)23(36-16(13(7)25)19(26)27)35-15-9(3)12(6)24(37-18(15)21(30)31)34-14-8(2)10(4)22(32)33-17(14)20(28)29/h7-18,22-25,32H,1-6H3,(H,26,27)(H,28,29)(H,30,31). The Bertz CT molecular complexity index is 850. The van der Waals surface area contributed by atoms with Gasteiger partial charge in [-0.15, -0.1) is 0 Å². The van der Waals surface area contributed by atoms with E-state index in [9.17, 15) is 39.9 Å². The molecule has 13 heteroatoms. The van der Waals surface area contributed by atoms with E-state index in [0.717, 1.165) is 0 Å². The van der Waals surface area contributed by atoms with Gasteiger partial charge in [-0.2, -0.15) is 0 Å². The summed E-state index contributed by atoms with van der Waals surface area (Å²) in [5.41, 5.74) is 0. The van der Waals surface area contributed by atoms with Crippen LogP contribution >= 0.6 is 0 Å². The summed E-state index contributed by atoms with van der Waals surface area (Å²) in [5, 5.41) is 49.4. The molecule has 37 heavy (non-hydrogen) atoms. The Morgan fingerprint density at radius 1 is 0.541 bits per heavy atom. The van der Waals surface area contributed by atoms with E-state index in [2.05, 4.69) is 0 Å². The molecule has 3 heterocycles. The highest BCUT2D eigenvalue weighted by Crippen LogP contribution is 2.40. The van der Waals surface area contributed by atoms with Crippen LogP contribution in [-0.4, -0.2) is 98.9 Å². The molecule has 3 rings (SSSR count). The zero-order valence-corrected chi connectivity index (χ0v) is 21.7. The molecule has 212 valence electrons. The lowest BCUT2D eigenvalue weighted by Gasteiger charge is -2.49. The zero-order valence-electron chi connectivity index (χ0n) is 21.7. The van der Waals surface area contributed by atoms with Crippen molar-refractivity contribution in [2.45, 2.75) is 97.0 Å². The summed E-state index contributed by atoms with van der Waals surface area (Å²) >= 11 is 0. The molecule has 0 aromatic rings. The highest BCUT2D eigenvalue weighted by Gasteiger charge is 2.53. The van der Waals surface area contributed by atoms with Gasteiger partial charge in [0.2, 0.25) is 0 Å². The van der Waals surface area contributed by atoms with Crippen molar-refractivity contribution in [1.29, 1.82) is 0 Å². The fourth-order valence-corrected chi connectivity index (χ4v) is 5.15. The Hall–Kier alpha value is -1.87. The van der Waals surface area contributed by atoms with Gasteiger partial charge in [0.25, 0.3) is 0 Å². The molecular formula is C24H38O13. The van der Waals surface area contributed by atoms with E-state index in [1.54, 1.807) is 41.5 Å². The van der Waals surface area contributed by atoms with Gasteiger partial charge in [-0.05, 0) is 17.8 Å². The zero-order chi connectivity index (χ0) is 27.9. The summed E-state index contributed by atoms with van der Waals surface area (Å²) in [4.78, 5) is 35.6. The molecule has 13 nitrogen and oxygen atoms in total. The minimum absolute atomic E-state index is 0.451. The first kappa shape index (κ1) is 29.7. The molecule has 15 atom stereocenters. The minimum Gasteiger partial charge on any atom is -0.479 e. The average Bonchev–Trinajstić information content (AvgIpc) is 2.82. The van der Waals surface area contributed by atoms with Crippen LogP contribution in [0.5, 0.6) is 0 Å². The second kappa shape index (κ2) is 11.5. The highest BCUT2D eigenvalue weighted by molar-refractivity contribution is 5.74. The van der Waals surface area contributed by atoms with Crippen LogP contribution in [0.4, 0.5) is 0 Å². The molecular weight excluding hydrogens is 496 g/mol. The number of aliphatic carboxylic acids is 3. The maximum Gasteiger partial charge on any atom is 0.335 e. The fourth-order valence-electron chi connectivity index (χ4n) is 5.15. The Kier molecular flexibility index (Phi) is 9.21. The fraction of sp³-hybridized carbons (Fsp3) is 0.875. The number of carboxylic acid groups (broad SMARTS) is 3. The third kappa shape index (κ3) is 5.77.